The molecule has 1 rings (SSSR count). The van der Waals surface area contributed by atoms with Gasteiger partial charge in [-0.1, -0.05) is 0 Å². The van der Waals surface area contributed by atoms with Crippen molar-refractivity contribution >= 4 is 11.6 Å². The SMILES string of the molecule is CCOCCOc1nc(NC)nc(C)c1[N+](=O)[O-]. The van der Waals surface area contributed by atoms with E-state index in [-0.39, 0.29) is 29.8 Å². The number of nitrogens with zero attached hydrogens (tertiary/aromatic N) is 3. The second kappa shape index (κ2) is 6.70. The Labute approximate surface area is 104 Å². The van der Waals surface area contributed by atoms with Crippen molar-refractivity contribution in [2.75, 3.05) is 32.2 Å². The third-order valence-electron chi connectivity index (χ3n) is 2.10. The number of rotatable bonds is 7. The van der Waals surface area contributed by atoms with Crippen molar-refractivity contribution in [2.45, 2.75) is 13.8 Å². The first-order valence-electron chi connectivity index (χ1n) is 5.51. The summed E-state index contributed by atoms with van der Waals surface area (Å²) >= 11 is 0. The summed E-state index contributed by atoms with van der Waals surface area (Å²) in [5, 5.41) is 13.6. The van der Waals surface area contributed by atoms with Crippen LogP contribution in [0.5, 0.6) is 5.88 Å². The molecule has 1 aromatic heterocycles. The van der Waals surface area contributed by atoms with E-state index in [4.69, 9.17) is 9.47 Å². The summed E-state index contributed by atoms with van der Waals surface area (Å²) in [6.45, 7) is 4.52. The number of hydrogen-bond donors (Lipinski definition) is 1. The van der Waals surface area contributed by atoms with Crippen molar-refractivity contribution < 1.29 is 14.4 Å². The summed E-state index contributed by atoms with van der Waals surface area (Å²) in [4.78, 5) is 18.2. The highest BCUT2D eigenvalue weighted by Crippen LogP contribution is 2.28. The highest BCUT2D eigenvalue weighted by atomic mass is 16.6. The van der Waals surface area contributed by atoms with Crippen LogP contribution in [-0.4, -0.2) is 41.8 Å². The van der Waals surface area contributed by atoms with E-state index < -0.39 is 4.92 Å². The lowest BCUT2D eigenvalue weighted by molar-refractivity contribution is -0.387. The number of aryl methyl sites for hydroxylation is 1. The minimum atomic E-state index is -0.551. The second-order valence-corrected chi connectivity index (χ2v) is 3.34. The Morgan fingerprint density at radius 1 is 1.39 bits per heavy atom. The molecule has 1 N–H and O–H groups in total. The predicted molar refractivity (Wildman–Crippen MR) is 65.0 cm³/mol. The van der Waals surface area contributed by atoms with E-state index in [1.54, 1.807) is 7.05 Å². The number of anilines is 1. The van der Waals surface area contributed by atoms with Crippen molar-refractivity contribution in [1.82, 2.24) is 9.97 Å². The van der Waals surface area contributed by atoms with Gasteiger partial charge in [0.05, 0.1) is 11.5 Å². The molecule has 0 saturated heterocycles. The van der Waals surface area contributed by atoms with Crippen LogP contribution >= 0.6 is 0 Å². The maximum absolute atomic E-state index is 10.9. The molecule has 1 heterocycles. The lowest BCUT2D eigenvalue weighted by atomic mass is 10.3. The molecule has 0 spiro atoms. The Hall–Kier alpha value is -1.96. The van der Waals surface area contributed by atoms with Crippen LogP contribution < -0.4 is 10.1 Å². The number of aromatic nitrogens is 2. The van der Waals surface area contributed by atoms with Gasteiger partial charge in [0.25, 0.3) is 5.88 Å². The second-order valence-electron chi connectivity index (χ2n) is 3.34. The van der Waals surface area contributed by atoms with Gasteiger partial charge in [-0.2, -0.15) is 4.98 Å². The van der Waals surface area contributed by atoms with E-state index in [2.05, 4.69) is 15.3 Å². The summed E-state index contributed by atoms with van der Waals surface area (Å²) in [6, 6.07) is 0. The van der Waals surface area contributed by atoms with E-state index in [0.29, 0.717) is 13.2 Å². The molecule has 0 saturated carbocycles. The van der Waals surface area contributed by atoms with Gasteiger partial charge < -0.3 is 14.8 Å². The lowest BCUT2D eigenvalue weighted by Gasteiger charge is -2.08. The van der Waals surface area contributed by atoms with Crippen LogP contribution in [0.25, 0.3) is 0 Å². The van der Waals surface area contributed by atoms with E-state index >= 15 is 0 Å². The maximum Gasteiger partial charge on any atom is 0.352 e. The fourth-order valence-corrected chi connectivity index (χ4v) is 1.30. The average molecular weight is 256 g/mol. The summed E-state index contributed by atoms with van der Waals surface area (Å²) < 4.78 is 10.4. The van der Waals surface area contributed by atoms with E-state index in [1.165, 1.54) is 6.92 Å². The Morgan fingerprint density at radius 3 is 2.67 bits per heavy atom. The molecule has 0 amide bonds. The molecular weight excluding hydrogens is 240 g/mol. The zero-order chi connectivity index (χ0) is 13.5. The minimum absolute atomic E-state index is 0.0449. The molecule has 0 aliphatic heterocycles. The molecular formula is C10H16N4O4. The Bertz CT molecular complexity index is 425. The summed E-state index contributed by atoms with van der Waals surface area (Å²) in [5.41, 5.74) is 0.0382. The molecule has 0 bridgehead atoms. The third-order valence-corrected chi connectivity index (χ3v) is 2.10. The highest BCUT2D eigenvalue weighted by Gasteiger charge is 2.23. The molecule has 0 radical (unpaired) electrons. The number of ether oxygens (including phenoxy) is 2. The van der Waals surface area contributed by atoms with E-state index in [1.807, 2.05) is 6.92 Å². The number of nitrogens with one attached hydrogen (secondary N) is 1. The predicted octanol–water partition coefficient (Wildman–Crippen LogP) is 1.15. The van der Waals surface area contributed by atoms with Gasteiger partial charge in [-0.15, -0.1) is 0 Å². The van der Waals surface area contributed by atoms with Crippen molar-refractivity contribution in [3.8, 4) is 5.88 Å². The van der Waals surface area contributed by atoms with Gasteiger partial charge in [0, 0.05) is 13.7 Å². The van der Waals surface area contributed by atoms with Gasteiger partial charge in [0.15, 0.2) is 0 Å². The van der Waals surface area contributed by atoms with Crippen molar-refractivity contribution in [3.05, 3.63) is 15.8 Å². The summed E-state index contributed by atoms with van der Waals surface area (Å²) in [7, 11) is 1.63. The van der Waals surface area contributed by atoms with Crippen LogP contribution in [0.2, 0.25) is 0 Å². The van der Waals surface area contributed by atoms with Gasteiger partial charge in [-0.3, -0.25) is 10.1 Å². The number of hydrogen-bond acceptors (Lipinski definition) is 7. The fraction of sp³-hybridized carbons (Fsp3) is 0.600. The average Bonchev–Trinajstić information content (AvgIpc) is 2.33. The largest absolute Gasteiger partial charge is 0.470 e. The Morgan fingerprint density at radius 2 is 2.11 bits per heavy atom. The normalized spacial score (nSPS) is 10.2. The molecule has 0 unspecified atom stereocenters. The van der Waals surface area contributed by atoms with Crippen molar-refractivity contribution in [3.63, 3.8) is 0 Å². The molecule has 100 valence electrons. The van der Waals surface area contributed by atoms with Crippen molar-refractivity contribution in [1.29, 1.82) is 0 Å². The molecule has 0 aliphatic rings. The molecule has 18 heavy (non-hydrogen) atoms. The van der Waals surface area contributed by atoms with Crippen LogP contribution in [0.3, 0.4) is 0 Å². The fourth-order valence-electron chi connectivity index (χ4n) is 1.30. The first kappa shape index (κ1) is 14.1. The molecule has 0 aromatic carbocycles. The standard InChI is InChI=1S/C10H16N4O4/c1-4-17-5-6-18-9-8(14(15)16)7(2)12-10(11-3)13-9/h4-6H2,1-3H3,(H,11,12,13). The van der Waals surface area contributed by atoms with Crippen LogP contribution in [-0.2, 0) is 4.74 Å². The maximum atomic E-state index is 10.9. The van der Waals surface area contributed by atoms with Gasteiger partial charge >= 0.3 is 5.69 Å². The summed E-state index contributed by atoms with van der Waals surface area (Å²) in [6.07, 6.45) is 0. The lowest BCUT2D eigenvalue weighted by Crippen LogP contribution is -2.11. The highest BCUT2D eigenvalue weighted by molar-refractivity contribution is 5.48. The zero-order valence-corrected chi connectivity index (χ0v) is 10.6. The van der Waals surface area contributed by atoms with Crippen LogP contribution in [0, 0.1) is 17.0 Å². The smallest absolute Gasteiger partial charge is 0.352 e. The monoisotopic (exact) mass is 256 g/mol. The first-order chi connectivity index (χ1) is 8.60. The van der Waals surface area contributed by atoms with E-state index in [9.17, 15) is 10.1 Å². The van der Waals surface area contributed by atoms with Gasteiger partial charge in [0.2, 0.25) is 5.95 Å². The minimum Gasteiger partial charge on any atom is -0.470 e. The topological polar surface area (TPSA) is 99.4 Å². The van der Waals surface area contributed by atoms with Gasteiger partial charge in [0.1, 0.15) is 12.3 Å². The molecule has 0 atom stereocenters. The van der Waals surface area contributed by atoms with Crippen LogP contribution in [0.15, 0.2) is 0 Å². The first-order valence-corrected chi connectivity index (χ1v) is 5.51. The Kier molecular flexibility index (Phi) is 5.25. The quantitative estimate of drug-likeness (QED) is 0.443. The summed E-state index contributed by atoms with van der Waals surface area (Å²) in [5.74, 6) is 0.237. The zero-order valence-electron chi connectivity index (χ0n) is 10.6. The van der Waals surface area contributed by atoms with Gasteiger partial charge in [-0.25, -0.2) is 4.98 Å². The molecule has 0 aliphatic carbocycles. The van der Waals surface area contributed by atoms with Crippen LogP contribution in [0.1, 0.15) is 12.6 Å². The third kappa shape index (κ3) is 3.52. The molecule has 8 nitrogen and oxygen atoms in total. The molecule has 0 fully saturated rings. The number of nitro groups is 1. The Balaban J connectivity index is 2.91. The molecule has 1 aromatic rings. The van der Waals surface area contributed by atoms with E-state index in [0.717, 1.165) is 0 Å². The van der Waals surface area contributed by atoms with Crippen LogP contribution in [0.4, 0.5) is 11.6 Å². The van der Waals surface area contributed by atoms with Crippen molar-refractivity contribution in [2.24, 2.45) is 0 Å². The van der Waals surface area contributed by atoms with Gasteiger partial charge in [-0.05, 0) is 13.8 Å². The molecule has 8 heteroatoms.